The number of hydrogen-bond donors (Lipinski definition) is 3. The van der Waals surface area contributed by atoms with E-state index >= 15 is 0 Å². The van der Waals surface area contributed by atoms with Crippen molar-refractivity contribution in [2.24, 2.45) is 56.7 Å². The van der Waals surface area contributed by atoms with Gasteiger partial charge in [-0.25, -0.2) is 0 Å². The first kappa shape index (κ1) is 39.0. The lowest BCUT2D eigenvalue weighted by molar-refractivity contribution is -0.214. The number of carbonyl (C=O) groups excluding carboxylic acids is 2. The van der Waals surface area contributed by atoms with Crippen molar-refractivity contribution in [1.29, 1.82) is 0 Å². The Balaban J connectivity index is 1.12. The van der Waals surface area contributed by atoms with Crippen molar-refractivity contribution >= 4 is 29.3 Å². The molecule has 1 aromatic rings. The summed E-state index contributed by atoms with van der Waals surface area (Å²) in [5.74, 6) is 0.635. The Morgan fingerprint density at radius 2 is 1.58 bits per heavy atom. The fourth-order valence-corrected chi connectivity index (χ4v) is 13.7. The number of Topliss-reactive ketones (excluding diaryl/α,β-unsaturated/α-hetero) is 1. The van der Waals surface area contributed by atoms with Crippen LogP contribution in [-0.4, -0.2) is 46.7 Å². The minimum atomic E-state index is -1.16. The van der Waals surface area contributed by atoms with Gasteiger partial charge in [-0.2, -0.15) is 0 Å². The zero-order valence-electron chi connectivity index (χ0n) is 33.4. The van der Waals surface area contributed by atoms with Crippen molar-refractivity contribution < 1.29 is 29.3 Å². The molecule has 7 rings (SSSR count). The second-order valence-electron chi connectivity index (χ2n) is 20.4. The molecule has 0 radical (unpaired) electrons. The molecular formula is C45H64ClNO6. The van der Waals surface area contributed by atoms with Gasteiger partial charge >= 0.3 is 11.9 Å². The molecule has 5 saturated carbocycles. The molecule has 8 heteroatoms. The van der Waals surface area contributed by atoms with E-state index < -0.39 is 28.9 Å². The van der Waals surface area contributed by atoms with Crippen LogP contribution in [0.1, 0.15) is 138 Å². The Kier molecular flexibility index (Phi) is 9.71. The quantitative estimate of drug-likeness (QED) is 0.205. The summed E-state index contributed by atoms with van der Waals surface area (Å²) in [6.07, 6.45) is 9.45. The average molecular weight is 750 g/mol. The summed E-state index contributed by atoms with van der Waals surface area (Å²) in [7, 11) is 0. The average Bonchev–Trinajstić information content (AvgIpc) is 3.79. The van der Waals surface area contributed by atoms with Gasteiger partial charge in [-0.1, -0.05) is 70.8 Å². The van der Waals surface area contributed by atoms with Gasteiger partial charge < -0.3 is 20.3 Å². The maximum atomic E-state index is 14.1. The van der Waals surface area contributed by atoms with Crippen LogP contribution in [0.25, 0.3) is 0 Å². The summed E-state index contributed by atoms with van der Waals surface area (Å²) in [4.78, 5) is 38.9. The van der Waals surface area contributed by atoms with Crippen LogP contribution in [-0.2, 0) is 24.7 Å². The molecule has 5 fully saturated rings. The van der Waals surface area contributed by atoms with Crippen molar-refractivity contribution in [1.82, 2.24) is 5.32 Å². The molecule has 0 heterocycles. The highest BCUT2D eigenvalue weighted by molar-refractivity contribution is 6.30. The van der Waals surface area contributed by atoms with Crippen LogP contribution >= 0.6 is 11.6 Å². The third kappa shape index (κ3) is 6.16. The Hall–Kier alpha value is -2.22. The van der Waals surface area contributed by atoms with E-state index in [9.17, 15) is 24.6 Å². The summed E-state index contributed by atoms with van der Waals surface area (Å²) < 4.78 is 6.16. The smallest absolute Gasteiger partial charge is 0.309 e. The van der Waals surface area contributed by atoms with Crippen LogP contribution in [0.15, 0.2) is 35.4 Å². The maximum Gasteiger partial charge on any atom is 0.309 e. The molecule has 6 aliphatic carbocycles. The highest BCUT2D eigenvalue weighted by Gasteiger charge is 2.67. The minimum absolute atomic E-state index is 0.0870. The van der Waals surface area contributed by atoms with Crippen molar-refractivity contribution in [3.05, 3.63) is 46.0 Å². The molecule has 3 N–H and O–H groups in total. The molecule has 6 aliphatic rings. The van der Waals surface area contributed by atoms with Crippen LogP contribution < -0.4 is 5.32 Å². The van der Waals surface area contributed by atoms with Crippen LogP contribution in [0.2, 0.25) is 5.02 Å². The fourth-order valence-electron chi connectivity index (χ4n) is 13.5. The van der Waals surface area contributed by atoms with Gasteiger partial charge in [0.15, 0.2) is 5.78 Å². The SMILES string of the molecule is CC(C)C1=C2C3CCC4C(C)(CCC5C(C)(C)C(OC(=O)CC(C)(C)C(=O)O)CCC54C)C3CCC2(C(O)CNC2(c3ccc(Cl)cc3)CC2)CC1=O. The zero-order valence-corrected chi connectivity index (χ0v) is 34.2. The number of carboxylic acid groups (broad SMARTS) is 1. The molecule has 0 aromatic heterocycles. The first-order chi connectivity index (χ1) is 24.7. The molecule has 0 saturated heterocycles. The van der Waals surface area contributed by atoms with Gasteiger partial charge in [-0.05, 0) is 142 Å². The van der Waals surface area contributed by atoms with E-state index in [-0.39, 0.29) is 46.0 Å². The predicted octanol–water partition coefficient (Wildman–Crippen LogP) is 9.28. The van der Waals surface area contributed by atoms with Crippen molar-refractivity contribution in [2.75, 3.05) is 6.54 Å². The minimum Gasteiger partial charge on any atom is -0.481 e. The second-order valence-corrected chi connectivity index (χ2v) is 20.8. The number of rotatable bonds is 10. The van der Waals surface area contributed by atoms with Gasteiger partial charge in [0.1, 0.15) is 6.10 Å². The summed E-state index contributed by atoms with van der Waals surface area (Å²) in [6.45, 7) is 17.6. The highest BCUT2D eigenvalue weighted by atomic mass is 35.5. The number of carboxylic acids is 1. The number of aliphatic hydroxyl groups is 1. The van der Waals surface area contributed by atoms with Crippen molar-refractivity contribution in [3.63, 3.8) is 0 Å². The molecule has 0 amide bonds. The van der Waals surface area contributed by atoms with Crippen LogP contribution in [0.3, 0.4) is 0 Å². The topological polar surface area (TPSA) is 113 Å². The van der Waals surface area contributed by atoms with Gasteiger partial charge in [-0.3, -0.25) is 14.4 Å². The van der Waals surface area contributed by atoms with Gasteiger partial charge in [0.2, 0.25) is 0 Å². The van der Waals surface area contributed by atoms with Crippen molar-refractivity contribution in [3.8, 4) is 0 Å². The van der Waals surface area contributed by atoms with Crippen molar-refractivity contribution in [2.45, 2.75) is 150 Å². The summed E-state index contributed by atoms with van der Waals surface area (Å²) in [5, 5.41) is 26.4. The number of esters is 1. The Morgan fingerprint density at radius 1 is 0.925 bits per heavy atom. The molecule has 292 valence electrons. The molecule has 9 unspecified atom stereocenters. The summed E-state index contributed by atoms with van der Waals surface area (Å²) in [5.41, 5.74) is 1.70. The molecule has 1 aromatic carbocycles. The Bertz CT molecular complexity index is 1680. The number of fused-ring (bicyclic) bond motifs is 7. The van der Waals surface area contributed by atoms with Gasteiger partial charge in [-0.15, -0.1) is 0 Å². The monoisotopic (exact) mass is 749 g/mol. The Labute approximate surface area is 322 Å². The molecule has 53 heavy (non-hydrogen) atoms. The van der Waals surface area contributed by atoms with Gasteiger partial charge in [0.25, 0.3) is 0 Å². The number of ether oxygens (including phenoxy) is 1. The lowest BCUT2D eigenvalue weighted by Gasteiger charge is -2.69. The highest BCUT2D eigenvalue weighted by Crippen LogP contribution is 2.73. The number of hydrogen-bond acceptors (Lipinski definition) is 6. The molecule has 9 atom stereocenters. The number of aliphatic carboxylic acids is 1. The van der Waals surface area contributed by atoms with Crippen LogP contribution in [0.5, 0.6) is 0 Å². The third-order valence-electron chi connectivity index (χ3n) is 16.4. The maximum absolute atomic E-state index is 14.1. The van der Waals surface area contributed by atoms with E-state index in [4.69, 9.17) is 16.3 Å². The van der Waals surface area contributed by atoms with E-state index in [1.165, 1.54) is 11.1 Å². The molecule has 0 bridgehead atoms. The molecule has 0 spiro atoms. The van der Waals surface area contributed by atoms with E-state index in [0.29, 0.717) is 36.6 Å². The fraction of sp³-hybridized carbons (Fsp3) is 0.756. The largest absolute Gasteiger partial charge is 0.481 e. The number of allylic oxidation sites excluding steroid dienone is 1. The first-order valence-electron chi connectivity index (χ1n) is 20.6. The summed E-state index contributed by atoms with van der Waals surface area (Å²) >= 11 is 6.20. The number of halogens is 1. The second kappa shape index (κ2) is 13.2. The molecule has 0 aliphatic heterocycles. The van der Waals surface area contributed by atoms with Crippen LogP contribution in [0.4, 0.5) is 0 Å². The van der Waals surface area contributed by atoms with Gasteiger partial charge in [0.05, 0.1) is 17.9 Å². The number of carbonyl (C=O) groups is 3. The lowest BCUT2D eigenvalue weighted by atomic mass is 9.36. The van der Waals surface area contributed by atoms with E-state index in [0.717, 1.165) is 74.8 Å². The van der Waals surface area contributed by atoms with E-state index in [1.807, 2.05) is 12.1 Å². The van der Waals surface area contributed by atoms with E-state index in [1.54, 1.807) is 13.8 Å². The first-order valence-corrected chi connectivity index (χ1v) is 21.0. The number of ketones is 1. The van der Waals surface area contributed by atoms with Crippen LogP contribution in [0, 0.1) is 56.7 Å². The van der Waals surface area contributed by atoms with Gasteiger partial charge in [0, 0.05) is 34.4 Å². The lowest BCUT2D eigenvalue weighted by Crippen LogP contribution is -2.63. The third-order valence-corrected chi connectivity index (χ3v) is 16.7. The normalized spacial score (nSPS) is 37.6. The standard InChI is InChI=1S/C45H64ClNO6/c1-26(2)37-31(48)23-44(34(49)25-47-45(21-22-45)27-9-11-28(46)12-10-27)20-15-30-29(38(37)44)13-14-33-42(30,7)18-16-32-41(5,6)35(17-19-43(32,33)8)53-36(50)24-40(3,4)39(51)52/h9-12,26,29-30,32-35,47,49H,13-25H2,1-8H3,(H,51,52). The Morgan fingerprint density at radius 3 is 2.21 bits per heavy atom. The van der Waals surface area contributed by atoms with E-state index in [2.05, 4.69) is 59.0 Å². The number of benzene rings is 1. The predicted molar refractivity (Wildman–Crippen MR) is 207 cm³/mol. The molecule has 7 nitrogen and oxygen atoms in total. The summed E-state index contributed by atoms with van der Waals surface area (Å²) in [6, 6.07) is 8.07. The number of aliphatic hydroxyl groups excluding tert-OH is 1. The molecular weight excluding hydrogens is 686 g/mol. The number of nitrogens with one attached hydrogen (secondary N) is 1. The zero-order chi connectivity index (χ0) is 38.5.